The molecular weight excluding hydrogens is 232 g/mol. The lowest BCUT2D eigenvalue weighted by Gasteiger charge is -2.08. The van der Waals surface area contributed by atoms with Crippen molar-refractivity contribution >= 4 is 5.97 Å². The number of aryl methyl sites for hydroxylation is 1. The van der Waals surface area contributed by atoms with Crippen LogP contribution in [0.2, 0.25) is 0 Å². The molecule has 0 aromatic carbocycles. The van der Waals surface area contributed by atoms with Gasteiger partial charge in [-0.1, -0.05) is 0 Å². The van der Waals surface area contributed by atoms with Gasteiger partial charge in [0.25, 0.3) is 0 Å². The summed E-state index contributed by atoms with van der Waals surface area (Å²) < 4.78 is 6.97. The van der Waals surface area contributed by atoms with Crippen LogP contribution in [-0.4, -0.2) is 27.7 Å². The molecule has 0 aliphatic heterocycles. The third kappa shape index (κ3) is 1.84. The Morgan fingerprint density at radius 1 is 1.50 bits per heavy atom. The van der Waals surface area contributed by atoms with E-state index in [1.807, 2.05) is 14.0 Å². The molecule has 2 aromatic heterocycles. The number of carbonyl (C=O) groups is 1. The minimum Gasteiger partial charge on any atom is -0.481 e. The first-order chi connectivity index (χ1) is 8.56. The maximum atomic E-state index is 11.3. The molecule has 0 unspecified atom stereocenters. The minimum atomic E-state index is -0.959. The zero-order valence-corrected chi connectivity index (χ0v) is 10.5. The maximum absolute atomic E-state index is 11.3. The van der Waals surface area contributed by atoms with Crippen molar-refractivity contribution in [2.75, 3.05) is 7.11 Å². The standard InChI is InChI=1S/C13H14N2O3/c1-8-11(10(13(16)17)7-15(8)2)9-5-4-6-14-12(9)18-3/h4-7H,1-3H3,(H,16,17). The lowest BCUT2D eigenvalue weighted by Crippen LogP contribution is -1.99. The summed E-state index contributed by atoms with van der Waals surface area (Å²) in [5.41, 5.74) is 2.45. The largest absolute Gasteiger partial charge is 0.481 e. The highest BCUT2D eigenvalue weighted by Crippen LogP contribution is 2.34. The Kier molecular flexibility index (Phi) is 3.06. The minimum absolute atomic E-state index is 0.251. The van der Waals surface area contributed by atoms with Crippen LogP contribution in [0, 0.1) is 6.92 Å². The van der Waals surface area contributed by atoms with E-state index in [0.717, 1.165) is 5.69 Å². The molecule has 1 N–H and O–H groups in total. The molecule has 5 heteroatoms. The fourth-order valence-corrected chi connectivity index (χ4v) is 1.97. The number of carboxylic acids is 1. The smallest absolute Gasteiger partial charge is 0.337 e. The molecule has 2 rings (SSSR count). The predicted molar refractivity (Wildman–Crippen MR) is 66.9 cm³/mol. The molecule has 18 heavy (non-hydrogen) atoms. The average Bonchev–Trinajstić information content (AvgIpc) is 2.66. The molecule has 0 bridgehead atoms. The molecule has 0 aliphatic rings. The van der Waals surface area contributed by atoms with Crippen molar-refractivity contribution in [2.24, 2.45) is 7.05 Å². The first-order valence-corrected chi connectivity index (χ1v) is 5.44. The number of pyridine rings is 1. The topological polar surface area (TPSA) is 64.3 Å². The molecule has 2 heterocycles. The molecular formula is C13H14N2O3. The first kappa shape index (κ1) is 12.2. The lowest BCUT2D eigenvalue weighted by atomic mass is 10.0. The second-order valence-corrected chi connectivity index (χ2v) is 3.98. The van der Waals surface area contributed by atoms with Crippen LogP contribution < -0.4 is 4.74 Å². The highest BCUT2D eigenvalue weighted by atomic mass is 16.5. The lowest BCUT2D eigenvalue weighted by molar-refractivity contribution is 0.0697. The van der Waals surface area contributed by atoms with Crippen molar-refractivity contribution in [2.45, 2.75) is 6.92 Å². The number of methoxy groups -OCH3 is 1. The molecule has 94 valence electrons. The Morgan fingerprint density at radius 2 is 2.22 bits per heavy atom. The normalized spacial score (nSPS) is 10.4. The highest BCUT2D eigenvalue weighted by molar-refractivity contribution is 5.97. The van der Waals surface area contributed by atoms with E-state index in [4.69, 9.17) is 4.74 Å². The van der Waals surface area contributed by atoms with Crippen LogP contribution in [0.15, 0.2) is 24.5 Å². The zero-order chi connectivity index (χ0) is 13.3. The molecule has 0 atom stereocenters. The van der Waals surface area contributed by atoms with Gasteiger partial charge in [0.05, 0.1) is 12.7 Å². The van der Waals surface area contributed by atoms with Crippen molar-refractivity contribution in [1.82, 2.24) is 9.55 Å². The number of hydrogen-bond acceptors (Lipinski definition) is 3. The van der Waals surface area contributed by atoms with Gasteiger partial charge in [-0.3, -0.25) is 0 Å². The van der Waals surface area contributed by atoms with Gasteiger partial charge in [-0.05, 0) is 19.1 Å². The van der Waals surface area contributed by atoms with Crippen molar-refractivity contribution in [1.29, 1.82) is 0 Å². The van der Waals surface area contributed by atoms with E-state index in [-0.39, 0.29) is 5.56 Å². The quantitative estimate of drug-likeness (QED) is 0.900. The Morgan fingerprint density at radius 3 is 2.83 bits per heavy atom. The molecule has 0 radical (unpaired) electrons. The molecule has 0 saturated carbocycles. The van der Waals surface area contributed by atoms with Gasteiger partial charge in [0.1, 0.15) is 0 Å². The summed E-state index contributed by atoms with van der Waals surface area (Å²) >= 11 is 0. The van der Waals surface area contributed by atoms with Gasteiger partial charge in [-0.25, -0.2) is 9.78 Å². The second-order valence-electron chi connectivity index (χ2n) is 3.98. The first-order valence-electron chi connectivity index (χ1n) is 5.44. The van der Waals surface area contributed by atoms with Gasteiger partial charge in [0.2, 0.25) is 5.88 Å². The number of aromatic nitrogens is 2. The molecule has 5 nitrogen and oxygen atoms in total. The summed E-state index contributed by atoms with van der Waals surface area (Å²) in [5, 5.41) is 9.25. The molecule has 2 aromatic rings. The Bertz CT molecular complexity index is 602. The summed E-state index contributed by atoms with van der Waals surface area (Å²) in [6, 6.07) is 3.57. The Labute approximate surface area is 105 Å². The number of aromatic carboxylic acids is 1. The zero-order valence-electron chi connectivity index (χ0n) is 10.5. The van der Waals surface area contributed by atoms with E-state index < -0.39 is 5.97 Å². The third-order valence-corrected chi connectivity index (χ3v) is 2.95. The molecule has 0 amide bonds. The average molecular weight is 246 g/mol. The predicted octanol–water partition coefficient (Wildman–Crippen LogP) is 2.10. The van der Waals surface area contributed by atoms with E-state index in [2.05, 4.69) is 4.98 Å². The van der Waals surface area contributed by atoms with E-state index in [0.29, 0.717) is 17.0 Å². The number of hydrogen-bond donors (Lipinski definition) is 1. The van der Waals surface area contributed by atoms with Crippen LogP contribution in [0.1, 0.15) is 16.1 Å². The van der Waals surface area contributed by atoms with E-state index in [1.54, 1.807) is 29.1 Å². The molecule has 0 aliphatic carbocycles. The second kappa shape index (κ2) is 4.52. The van der Waals surface area contributed by atoms with E-state index >= 15 is 0 Å². The van der Waals surface area contributed by atoms with Crippen molar-refractivity contribution < 1.29 is 14.6 Å². The molecule has 0 spiro atoms. The Hall–Kier alpha value is -2.30. The number of rotatable bonds is 3. The van der Waals surface area contributed by atoms with Crippen molar-refractivity contribution in [3.05, 3.63) is 35.8 Å². The summed E-state index contributed by atoms with van der Waals surface area (Å²) in [6.45, 7) is 1.87. The van der Waals surface area contributed by atoms with Crippen LogP contribution in [0.5, 0.6) is 5.88 Å². The monoisotopic (exact) mass is 246 g/mol. The fourth-order valence-electron chi connectivity index (χ4n) is 1.97. The number of carboxylic acid groups (broad SMARTS) is 1. The van der Waals surface area contributed by atoms with Crippen molar-refractivity contribution in [3.8, 4) is 17.0 Å². The van der Waals surface area contributed by atoms with Gasteiger partial charge in [0.15, 0.2) is 0 Å². The molecule has 0 fully saturated rings. The van der Waals surface area contributed by atoms with Crippen LogP contribution in [-0.2, 0) is 7.05 Å². The van der Waals surface area contributed by atoms with Gasteiger partial charge < -0.3 is 14.4 Å². The van der Waals surface area contributed by atoms with Gasteiger partial charge >= 0.3 is 5.97 Å². The van der Waals surface area contributed by atoms with Crippen LogP contribution >= 0.6 is 0 Å². The highest BCUT2D eigenvalue weighted by Gasteiger charge is 2.21. The SMILES string of the molecule is COc1ncccc1-c1c(C(=O)O)cn(C)c1C. The summed E-state index contributed by atoms with van der Waals surface area (Å²) in [7, 11) is 3.33. The Balaban J connectivity index is 2.74. The maximum Gasteiger partial charge on any atom is 0.337 e. The van der Waals surface area contributed by atoms with Crippen LogP contribution in [0.3, 0.4) is 0 Å². The number of nitrogens with zero attached hydrogens (tertiary/aromatic N) is 2. The molecule has 0 saturated heterocycles. The van der Waals surface area contributed by atoms with Gasteiger partial charge in [-0.15, -0.1) is 0 Å². The summed E-state index contributed by atoms with van der Waals surface area (Å²) in [5.74, 6) is -0.533. The van der Waals surface area contributed by atoms with E-state index in [1.165, 1.54) is 7.11 Å². The van der Waals surface area contributed by atoms with E-state index in [9.17, 15) is 9.90 Å². The van der Waals surface area contributed by atoms with Crippen LogP contribution in [0.25, 0.3) is 11.1 Å². The van der Waals surface area contributed by atoms with Gasteiger partial charge in [-0.2, -0.15) is 0 Å². The third-order valence-electron chi connectivity index (χ3n) is 2.95. The summed E-state index contributed by atoms with van der Waals surface area (Å²) in [6.07, 6.45) is 3.21. The van der Waals surface area contributed by atoms with Crippen LogP contribution in [0.4, 0.5) is 0 Å². The fraction of sp³-hybridized carbons (Fsp3) is 0.231. The summed E-state index contributed by atoms with van der Waals surface area (Å²) in [4.78, 5) is 15.4. The van der Waals surface area contributed by atoms with Gasteiger partial charge in [0, 0.05) is 36.3 Å². The van der Waals surface area contributed by atoms with Crippen molar-refractivity contribution in [3.63, 3.8) is 0 Å². The number of ether oxygens (including phenoxy) is 1.